The molecular formula is C10H15N3O2. The first-order valence-corrected chi connectivity index (χ1v) is 5.35. The Morgan fingerprint density at radius 3 is 3.27 bits per heavy atom. The quantitative estimate of drug-likeness (QED) is 0.680. The van der Waals surface area contributed by atoms with Crippen molar-refractivity contribution in [3.63, 3.8) is 0 Å². The van der Waals surface area contributed by atoms with Gasteiger partial charge in [-0.3, -0.25) is 9.48 Å². The molecule has 1 aliphatic heterocycles. The third-order valence-corrected chi connectivity index (χ3v) is 2.61. The maximum absolute atomic E-state index is 10.4. The van der Waals surface area contributed by atoms with Gasteiger partial charge in [0.05, 0.1) is 12.3 Å². The lowest BCUT2D eigenvalue weighted by molar-refractivity contribution is 0.101. The van der Waals surface area contributed by atoms with Crippen LogP contribution in [0, 0.1) is 0 Å². The second-order valence-electron chi connectivity index (χ2n) is 3.80. The first-order valence-electron chi connectivity index (χ1n) is 5.35. The van der Waals surface area contributed by atoms with Gasteiger partial charge in [-0.2, -0.15) is 0 Å². The molecule has 1 saturated heterocycles. The number of aldehydes is 1. The van der Waals surface area contributed by atoms with Crippen LogP contribution in [0.15, 0.2) is 6.20 Å². The molecule has 0 spiro atoms. The Morgan fingerprint density at radius 1 is 1.67 bits per heavy atom. The number of hydrogen-bond donors (Lipinski definition) is 0. The maximum Gasteiger partial charge on any atom is 0.171 e. The molecule has 82 valence electrons. The monoisotopic (exact) mass is 209 g/mol. The molecule has 0 radical (unpaired) electrons. The SMILES string of the molecule is O=Cc1cn(CCCC2CCCO2)nn1. The van der Waals surface area contributed by atoms with Crippen molar-refractivity contribution in [3.8, 4) is 0 Å². The predicted molar refractivity (Wildman–Crippen MR) is 53.6 cm³/mol. The molecule has 0 aliphatic carbocycles. The van der Waals surface area contributed by atoms with Crippen molar-refractivity contribution in [2.24, 2.45) is 0 Å². The van der Waals surface area contributed by atoms with E-state index in [1.165, 1.54) is 12.8 Å². The summed E-state index contributed by atoms with van der Waals surface area (Å²) in [5.74, 6) is 0. The molecule has 1 atom stereocenters. The number of rotatable bonds is 5. The van der Waals surface area contributed by atoms with E-state index in [1.54, 1.807) is 10.9 Å². The van der Waals surface area contributed by atoms with E-state index in [2.05, 4.69) is 10.3 Å². The van der Waals surface area contributed by atoms with Crippen molar-refractivity contribution < 1.29 is 9.53 Å². The van der Waals surface area contributed by atoms with Gasteiger partial charge in [0.1, 0.15) is 5.69 Å². The molecule has 5 nitrogen and oxygen atoms in total. The molecule has 1 unspecified atom stereocenters. The van der Waals surface area contributed by atoms with Crippen LogP contribution in [0.2, 0.25) is 0 Å². The number of carbonyl (C=O) groups is 1. The van der Waals surface area contributed by atoms with Crippen LogP contribution in [-0.2, 0) is 11.3 Å². The van der Waals surface area contributed by atoms with E-state index in [0.717, 1.165) is 26.0 Å². The summed E-state index contributed by atoms with van der Waals surface area (Å²) in [6.45, 7) is 1.71. The lowest BCUT2D eigenvalue weighted by Gasteiger charge is -2.07. The van der Waals surface area contributed by atoms with Crippen LogP contribution in [0.3, 0.4) is 0 Å². The summed E-state index contributed by atoms with van der Waals surface area (Å²) in [6, 6.07) is 0. The highest BCUT2D eigenvalue weighted by Gasteiger charge is 2.14. The van der Waals surface area contributed by atoms with Crippen LogP contribution in [0.4, 0.5) is 0 Å². The first-order chi connectivity index (χ1) is 7.38. The van der Waals surface area contributed by atoms with Crippen molar-refractivity contribution in [1.82, 2.24) is 15.0 Å². The summed E-state index contributed by atoms with van der Waals surface area (Å²) < 4.78 is 7.22. The molecule has 1 fully saturated rings. The van der Waals surface area contributed by atoms with Gasteiger partial charge in [0.25, 0.3) is 0 Å². The second kappa shape index (κ2) is 5.02. The Labute approximate surface area is 88.4 Å². The van der Waals surface area contributed by atoms with Crippen molar-refractivity contribution in [1.29, 1.82) is 0 Å². The lowest BCUT2D eigenvalue weighted by Crippen LogP contribution is -2.07. The van der Waals surface area contributed by atoms with E-state index in [4.69, 9.17) is 4.74 Å². The van der Waals surface area contributed by atoms with E-state index in [1.807, 2.05) is 0 Å². The van der Waals surface area contributed by atoms with Gasteiger partial charge in [0.15, 0.2) is 6.29 Å². The van der Waals surface area contributed by atoms with Crippen LogP contribution < -0.4 is 0 Å². The molecule has 2 rings (SSSR count). The predicted octanol–water partition coefficient (Wildman–Crippen LogP) is 1.05. The summed E-state index contributed by atoms with van der Waals surface area (Å²) in [6.07, 6.45) is 7.26. The summed E-state index contributed by atoms with van der Waals surface area (Å²) in [5, 5.41) is 7.54. The average molecular weight is 209 g/mol. The summed E-state index contributed by atoms with van der Waals surface area (Å²) >= 11 is 0. The van der Waals surface area contributed by atoms with Crippen LogP contribution in [0.1, 0.15) is 36.2 Å². The van der Waals surface area contributed by atoms with Crippen LogP contribution >= 0.6 is 0 Å². The third kappa shape index (κ3) is 2.86. The largest absolute Gasteiger partial charge is 0.378 e. The zero-order valence-electron chi connectivity index (χ0n) is 8.63. The Morgan fingerprint density at radius 2 is 2.60 bits per heavy atom. The van der Waals surface area contributed by atoms with Gasteiger partial charge in [0, 0.05) is 13.2 Å². The van der Waals surface area contributed by atoms with Crippen molar-refractivity contribution >= 4 is 6.29 Å². The van der Waals surface area contributed by atoms with Gasteiger partial charge >= 0.3 is 0 Å². The topological polar surface area (TPSA) is 57.0 Å². The number of nitrogens with zero attached hydrogens (tertiary/aromatic N) is 3. The smallest absolute Gasteiger partial charge is 0.171 e. The van der Waals surface area contributed by atoms with Crippen molar-refractivity contribution in [2.45, 2.75) is 38.3 Å². The van der Waals surface area contributed by atoms with Gasteiger partial charge in [0.2, 0.25) is 0 Å². The Bertz CT molecular complexity index is 318. The fraction of sp³-hybridized carbons (Fsp3) is 0.700. The normalized spacial score (nSPS) is 20.7. The lowest BCUT2D eigenvalue weighted by atomic mass is 10.1. The van der Waals surface area contributed by atoms with Crippen LogP contribution in [0.25, 0.3) is 0 Å². The molecule has 0 bridgehead atoms. The fourth-order valence-electron chi connectivity index (χ4n) is 1.83. The molecule has 0 saturated carbocycles. The maximum atomic E-state index is 10.4. The molecule has 0 amide bonds. The molecule has 1 aliphatic rings. The highest BCUT2D eigenvalue weighted by molar-refractivity contribution is 5.70. The average Bonchev–Trinajstić information content (AvgIpc) is 2.88. The number of carbonyl (C=O) groups excluding carboxylic acids is 1. The fourth-order valence-corrected chi connectivity index (χ4v) is 1.83. The molecule has 15 heavy (non-hydrogen) atoms. The summed E-state index contributed by atoms with van der Waals surface area (Å²) in [4.78, 5) is 10.4. The Hall–Kier alpha value is -1.23. The molecule has 0 N–H and O–H groups in total. The molecule has 5 heteroatoms. The molecule has 2 heterocycles. The number of aryl methyl sites for hydroxylation is 1. The van der Waals surface area contributed by atoms with E-state index in [9.17, 15) is 4.79 Å². The van der Waals surface area contributed by atoms with Gasteiger partial charge in [-0.05, 0) is 25.7 Å². The standard InChI is InChI=1S/C10H15N3O2/c14-8-9-7-13(12-11-9)5-1-3-10-4-2-6-15-10/h7-8,10H,1-6H2. The van der Waals surface area contributed by atoms with Gasteiger partial charge in [-0.25, -0.2) is 0 Å². The van der Waals surface area contributed by atoms with Crippen molar-refractivity contribution in [2.75, 3.05) is 6.61 Å². The summed E-state index contributed by atoms with van der Waals surface area (Å²) in [5.41, 5.74) is 0.395. The van der Waals surface area contributed by atoms with Gasteiger partial charge < -0.3 is 4.74 Å². The molecule has 1 aromatic heterocycles. The highest BCUT2D eigenvalue weighted by atomic mass is 16.5. The number of aromatic nitrogens is 3. The number of hydrogen-bond acceptors (Lipinski definition) is 4. The Kier molecular flexibility index (Phi) is 3.45. The van der Waals surface area contributed by atoms with E-state index < -0.39 is 0 Å². The van der Waals surface area contributed by atoms with E-state index >= 15 is 0 Å². The minimum Gasteiger partial charge on any atom is -0.378 e. The zero-order chi connectivity index (χ0) is 10.5. The van der Waals surface area contributed by atoms with Crippen LogP contribution in [-0.4, -0.2) is 34.0 Å². The van der Waals surface area contributed by atoms with E-state index in [-0.39, 0.29) is 0 Å². The first kappa shape index (κ1) is 10.3. The molecule has 0 aromatic carbocycles. The van der Waals surface area contributed by atoms with E-state index in [0.29, 0.717) is 18.1 Å². The summed E-state index contributed by atoms with van der Waals surface area (Å²) in [7, 11) is 0. The van der Waals surface area contributed by atoms with Gasteiger partial charge in [-0.1, -0.05) is 5.21 Å². The number of ether oxygens (including phenoxy) is 1. The minimum absolute atomic E-state index is 0.395. The minimum atomic E-state index is 0.395. The van der Waals surface area contributed by atoms with Gasteiger partial charge in [-0.15, -0.1) is 5.10 Å². The molecule has 1 aromatic rings. The second-order valence-corrected chi connectivity index (χ2v) is 3.80. The zero-order valence-corrected chi connectivity index (χ0v) is 8.63. The highest BCUT2D eigenvalue weighted by Crippen LogP contribution is 2.16. The van der Waals surface area contributed by atoms with Crippen LogP contribution in [0.5, 0.6) is 0 Å². The Balaban J connectivity index is 1.70. The van der Waals surface area contributed by atoms with Crippen molar-refractivity contribution in [3.05, 3.63) is 11.9 Å². The third-order valence-electron chi connectivity index (χ3n) is 2.61. The molecular weight excluding hydrogens is 194 g/mol.